The van der Waals surface area contributed by atoms with Gasteiger partial charge in [0.1, 0.15) is 0 Å². The molecule has 6 heteroatoms. The molecule has 0 amide bonds. The van der Waals surface area contributed by atoms with Crippen LogP contribution in [-0.4, -0.2) is 32.4 Å². The minimum absolute atomic E-state index is 0.240. The van der Waals surface area contributed by atoms with E-state index in [0.717, 1.165) is 0 Å². The van der Waals surface area contributed by atoms with Crippen LogP contribution in [0.25, 0.3) is 0 Å². The maximum atomic E-state index is 11.7. The first-order valence-corrected chi connectivity index (χ1v) is 6.37. The molecule has 6 nitrogen and oxygen atoms in total. The molecule has 2 rings (SSSR count). The summed E-state index contributed by atoms with van der Waals surface area (Å²) in [5.41, 5.74) is -6.59. The van der Waals surface area contributed by atoms with Crippen molar-refractivity contribution in [2.24, 2.45) is 0 Å². The first-order valence-electron chi connectivity index (χ1n) is 6.37. The number of hydrogen-bond donors (Lipinski definition) is 4. The molecule has 0 fully saturated rings. The van der Waals surface area contributed by atoms with Crippen molar-refractivity contribution in [1.82, 2.24) is 0 Å². The zero-order chi connectivity index (χ0) is 16.4. The largest absolute Gasteiger partial charge is 0.479 e. The van der Waals surface area contributed by atoms with Crippen LogP contribution in [0.3, 0.4) is 0 Å². The molecule has 0 radical (unpaired) electrons. The van der Waals surface area contributed by atoms with Gasteiger partial charge in [-0.1, -0.05) is 60.7 Å². The maximum absolute atomic E-state index is 11.7. The summed E-state index contributed by atoms with van der Waals surface area (Å²) in [6, 6.07) is 13.9. The van der Waals surface area contributed by atoms with E-state index >= 15 is 0 Å². The van der Waals surface area contributed by atoms with Gasteiger partial charge in [-0.2, -0.15) is 0 Å². The SMILES string of the molecule is O=C(O)[C@](O)(c1ccccc1)[C@](O)(C(=O)O)c1ccccc1. The van der Waals surface area contributed by atoms with Gasteiger partial charge in [-0.15, -0.1) is 0 Å². The van der Waals surface area contributed by atoms with E-state index in [0.29, 0.717) is 0 Å². The van der Waals surface area contributed by atoms with Gasteiger partial charge < -0.3 is 20.4 Å². The first kappa shape index (κ1) is 15.7. The van der Waals surface area contributed by atoms with Crippen molar-refractivity contribution in [3.05, 3.63) is 71.8 Å². The summed E-state index contributed by atoms with van der Waals surface area (Å²) in [6.07, 6.45) is 0. The Labute approximate surface area is 125 Å². The number of hydrogen-bond acceptors (Lipinski definition) is 4. The van der Waals surface area contributed by atoms with Gasteiger partial charge in [-0.3, -0.25) is 0 Å². The molecular formula is C16H14O6. The second-order valence-corrected chi connectivity index (χ2v) is 4.76. The summed E-state index contributed by atoms with van der Waals surface area (Å²) < 4.78 is 0. The van der Waals surface area contributed by atoms with Gasteiger partial charge in [0.05, 0.1) is 0 Å². The van der Waals surface area contributed by atoms with Crippen molar-refractivity contribution in [3.63, 3.8) is 0 Å². The predicted octanol–water partition coefficient (Wildman–Crippen LogP) is 0.931. The summed E-state index contributed by atoms with van der Waals surface area (Å²) in [5, 5.41) is 40.3. The minimum atomic E-state index is -3.05. The van der Waals surface area contributed by atoms with Crippen molar-refractivity contribution in [2.45, 2.75) is 11.2 Å². The molecule has 0 heterocycles. The van der Waals surface area contributed by atoms with Crippen LogP contribution in [-0.2, 0) is 20.8 Å². The van der Waals surface area contributed by atoms with Crippen LogP contribution in [0.15, 0.2) is 60.7 Å². The maximum Gasteiger partial charge on any atom is 0.344 e. The summed E-state index contributed by atoms with van der Waals surface area (Å²) in [7, 11) is 0. The van der Waals surface area contributed by atoms with Crippen LogP contribution in [0.4, 0.5) is 0 Å². The quantitative estimate of drug-likeness (QED) is 0.653. The number of carboxylic acids is 2. The Hall–Kier alpha value is -2.70. The minimum Gasteiger partial charge on any atom is -0.479 e. The first-order chi connectivity index (χ1) is 10.3. The third-order valence-corrected chi connectivity index (χ3v) is 3.53. The predicted molar refractivity (Wildman–Crippen MR) is 75.9 cm³/mol. The van der Waals surface area contributed by atoms with Gasteiger partial charge in [0.2, 0.25) is 11.2 Å². The van der Waals surface area contributed by atoms with Gasteiger partial charge in [-0.25, -0.2) is 9.59 Å². The third kappa shape index (κ3) is 2.14. The molecule has 2 aromatic rings. The van der Waals surface area contributed by atoms with E-state index in [4.69, 9.17) is 0 Å². The fourth-order valence-corrected chi connectivity index (χ4v) is 2.33. The highest BCUT2D eigenvalue weighted by Crippen LogP contribution is 2.41. The van der Waals surface area contributed by atoms with Gasteiger partial charge in [0.15, 0.2) is 0 Å². The number of carbonyl (C=O) groups is 2. The van der Waals surface area contributed by atoms with Crippen LogP contribution in [0.1, 0.15) is 11.1 Å². The molecule has 114 valence electrons. The standard InChI is InChI=1S/C16H14O6/c17-13(18)15(21,11-7-3-1-4-8-11)16(22,14(19)20)12-9-5-2-6-10-12/h1-10,21-22H,(H,17,18)(H,19,20)/t15-,16-/m1/s1. The summed E-state index contributed by atoms with van der Waals surface area (Å²) in [6.45, 7) is 0. The summed E-state index contributed by atoms with van der Waals surface area (Å²) in [5.74, 6) is -3.74. The van der Waals surface area contributed by atoms with Crippen LogP contribution >= 0.6 is 0 Å². The second kappa shape index (κ2) is 5.59. The van der Waals surface area contributed by atoms with Crippen molar-refractivity contribution >= 4 is 11.9 Å². The summed E-state index contributed by atoms with van der Waals surface area (Å²) >= 11 is 0. The molecule has 2 atom stereocenters. The van der Waals surface area contributed by atoms with Crippen LogP contribution in [0.2, 0.25) is 0 Å². The molecular weight excluding hydrogens is 288 g/mol. The molecule has 0 bridgehead atoms. The van der Waals surface area contributed by atoms with Crippen LogP contribution in [0, 0.1) is 0 Å². The monoisotopic (exact) mass is 302 g/mol. The average molecular weight is 302 g/mol. The van der Waals surface area contributed by atoms with Crippen LogP contribution < -0.4 is 0 Å². The van der Waals surface area contributed by atoms with E-state index in [1.807, 2.05) is 0 Å². The van der Waals surface area contributed by atoms with E-state index in [2.05, 4.69) is 0 Å². The molecule has 0 aliphatic heterocycles. The van der Waals surface area contributed by atoms with Crippen molar-refractivity contribution in [1.29, 1.82) is 0 Å². The van der Waals surface area contributed by atoms with E-state index in [9.17, 15) is 30.0 Å². The lowest BCUT2D eigenvalue weighted by Crippen LogP contribution is -2.59. The Bertz CT molecular complexity index is 623. The lowest BCUT2D eigenvalue weighted by Gasteiger charge is -2.37. The lowest BCUT2D eigenvalue weighted by molar-refractivity contribution is -0.213. The number of rotatable bonds is 5. The normalized spacial score (nSPS) is 16.3. The number of benzene rings is 2. The fourth-order valence-electron chi connectivity index (χ4n) is 2.33. The molecule has 0 spiro atoms. The Morgan fingerprint density at radius 1 is 0.636 bits per heavy atom. The molecule has 0 saturated carbocycles. The molecule has 0 aliphatic rings. The average Bonchev–Trinajstić information content (AvgIpc) is 2.54. The highest BCUT2D eigenvalue weighted by atomic mass is 16.5. The topological polar surface area (TPSA) is 115 Å². The molecule has 2 aromatic carbocycles. The summed E-state index contributed by atoms with van der Waals surface area (Å²) in [4.78, 5) is 23.3. The van der Waals surface area contributed by atoms with E-state index in [1.165, 1.54) is 48.5 Å². The van der Waals surface area contributed by atoms with Gasteiger partial charge >= 0.3 is 11.9 Å². The highest BCUT2D eigenvalue weighted by molar-refractivity contribution is 5.92. The number of aliphatic hydroxyl groups is 2. The molecule has 0 aromatic heterocycles. The smallest absolute Gasteiger partial charge is 0.344 e. The van der Waals surface area contributed by atoms with E-state index < -0.39 is 23.1 Å². The highest BCUT2D eigenvalue weighted by Gasteiger charge is 2.62. The number of aliphatic carboxylic acids is 2. The Kier molecular flexibility index (Phi) is 3.99. The van der Waals surface area contributed by atoms with Crippen molar-refractivity contribution < 1.29 is 30.0 Å². The zero-order valence-corrected chi connectivity index (χ0v) is 11.4. The molecule has 22 heavy (non-hydrogen) atoms. The van der Waals surface area contributed by atoms with Gasteiger partial charge in [-0.05, 0) is 11.1 Å². The van der Waals surface area contributed by atoms with Crippen molar-refractivity contribution in [2.75, 3.05) is 0 Å². The Morgan fingerprint density at radius 2 is 0.909 bits per heavy atom. The number of carboxylic acid groups (broad SMARTS) is 2. The van der Waals surface area contributed by atoms with Crippen LogP contribution in [0.5, 0.6) is 0 Å². The molecule has 0 saturated heterocycles. The zero-order valence-electron chi connectivity index (χ0n) is 11.4. The Morgan fingerprint density at radius 3 is 1.14 bits per heavy atom. The van der Waals surface area contributed by atoms with Gasteiger partial charge in [0, 0.05) is 0 Å². The molecule has 4 N–H and O–H groups in total. The van der Waals surface area contributed by atoms with Crippen molar-refractivity contribution in [3.8, 4) is 0 Å². The van der Waals surface area contributed by atoms with E-state index in [-0.39, 0.29) is 11.1 Å². The van der Waals surface area contributed by atoms with Gasteiger partial charge in [0.25, 0.3) is 0 Å². The lowest BCUT2D eigenvalue weighted by atomic mass is 9.73. The van der Waals surface area contributed by atoms with E-state index in [1.54, 1.807) is 12.1 Å². The molecule has 0 unspecified atom stereocenters. The second-order valence-electron chi connectivity index (χ2n) is 4.76. The fraction of sp³-hybridized carbons (Fsp3) is 0.125. The Balaban J connectivity index is 2.78. The third-order valence-electron chi connectivity index (χ3n) is 3.53. The molecule has 0 aliphatic carbocycles.